The first-order valence-electron chi connectivity index (χ1n) is 8.67. The van der Waals surface area contributed by atoms with Gasteiger partial charge in [0.25, 0.3) is 5.91 Å². The highest BCUT2D eigenvalue weighted by Gasteiger charge is 2.26. The number of carbonyl (C=O) groups is 2. The summed E-state index contributed by atoms with van der Waals surface area (Å²) in [7, 11) is 1.61. The Morgan fingerprint density at radius 3 is 2.61 bits per heavy atom. The summed E-state index contributed by atoms with van der Waals surface area (Å²) < 4.78 is 6.03. The third-order valence-corrected chi connectivity index (χ3v) is 4.84. The lowest BCUT2D eigenvalue weighted by Crippen LogP contribution is -2.33. The van der Waals surface area contributed by atoms with Crippen molar-refractivity contribution < 1.29 is 14.3 Å². The molecule has 0 radical (unpaired) electrons. The Balaban J connectivity index is 1.97. The van der Waals surface area contributed by atoms with E-state index in [4.69, 9.17) is 10.1 Å². The van der Waals surface area contributed by atoms with Gasteiger partial charge in [-0.2, -0.15) is 0 Å². The molecule has 28 heavy (non-hydrogen) atoms. The van der Waals surface area contributed by atoms with Crippen molar-refractivity contribution in [1.29, 1.82) is 5.41 Å². The van der Waals surface area contributed by atoms with E-state index in [-0.39, 0.29) is 18.2 Å². The molecule has 1 aliphatic heterocycles. The summed E-state index contributed by atoms with van der Waals surface area (Å²) in [5, 5.41) is 9.93. The number of nitrogens with one attached hydrogen (secondary N) is 2. The average molecular weight is 442 g/mol. The topological polar surface area (TPSA) is 82.5 Å². The fraction of sp³-hybridized carbons (Fsp3) is 0.190. The number of rotatable bonds is 4. The smallest absolute Gasteiger partial charge is 0.253 e. The largest absolute Gasteiger partial charge is 0.497 e. The normalized spacial score (nSPS) is 13.3. The van der Waals surface area contributed by atoms with Crippen LogP contribution in [0.5, 0.6) is 5.75 Å². The zero-order chi connectivity index (χ0) is 20.3. The van der Waals surface area contributed by atoms with Crippen molar-refractivity contribution in [1.82, 2.24) is 5.32 Å². The van der Waals surface area contributed by atoms with Crippen LogP contribution in [-0.4, -0.2) is 24.8 Å². The molecule has 2 amide bonds. The SMILES string of the molecule is COc1ccc(CN2C(=O)CC(C(=O)NC(C)=N)=Cc3ccc(Br)cc32)cc1. The van der Waals surface area contributed by atoms with Gasteiger partial charge in [0.2, 0.25) is 5.91 Å². The predicted molar refractivity (Wildman–Crippen MR) is 112 cm³/mol. The second-order valence-corrected chi connectivity index (χ2v) is 7.37. The van der Waals surface area contributed by atoms with Gasteiger partial charge in [-0.25, -0.2) is 0 Å². The van der Waals surface area contributed by atoms with Crippen LogP contribution >= 0.6 is 15.9 Å². The predicted octanol–water partition coefficient (Wildman–Crippen LogP) is 3.89. The van der Waals surface area contributed by atoms with Crippen LogP contribution in [0, 0.1) is 5.41 Å². The number of amidine groups is 1. The molecule has 2 aromatic carbocycles. The Bertz CT molecular complexity index is 967. The Morgan fingerprint density at radius 2 is 1.96 bits per heavy atom. The van der Waals surface area contributed by atoms with E-state index >= 15 is 0 Å². The maximum atomic E-state index is 13.0. The van der Waals surface area contributed by atoms with E-state index in [2.05, 4.69) is 21.2 Å². The maximum Gasteiger partial charge on any atom is 0.253 e. The van der Waals surface area contributed by atoms with Crippen molar-refractivity contribution in [2.24, 2.45) is 0 Å². The number of fused-ring (bicyclic) bond motifs is 1. The van der Waals surface area contributed by atoms with E-state index in [9.17, 15) is 9.59 Å². The van der Waals surface area contributed by atoms with Crippen molar-refractivity contribution >= 4 is 45.3 Å². The summed E-state index contributed by atoms with van der Waals surface area (Å²) >= 11 is 3.46. The highest BCUT2D eigenvalue weighted by Crippen LogP contribution is 2.32. The number of halogens is 1. The van der Waals surface area contributed by atoms with Gasteiger partial charge in [0.15, 0.2) is 0 Å². The average Bonchev–Trinajstić information content (AvgIpc) is 2.79. The lowest BCUT2D eigenvalue weighted by molar-refractivity contribution is -0.121. The van der Waals surface area contributed by atoms with Crippen LogP contribution < -0.4 is 15.0 Å². The fourth-order valence-corrected chi connectivity index (χ4v) is 3.34. The van der Waals surface area contributed by atoms with E-state index in [0.717, 1.165) is 27.0 Å². The van der Waals surface area contributed by atoms with E-state index in [1.54, 1.807) is 18.1 Å². The molecule has 3 rings (SSSR count). The summed E-state index contributed by atoms with van der Waals surface area (Å²) in [6.45, 7) is 1.86. The molecular weight excluding hydrogens is 422 g/mol. The standard InChI is InChI=1S/C21H20BrN3O3/c1-13(23)24-21(27)16-9-15-5-6-17(22)11-19(15)25(20(26)10-16)12-14-3-7-18(28-2)8-4-14/h3-9,11H,10,12H2,1-2H3,(H2,23,24,27). The fourth-order valence-electron chi connectivity index (χ4n) is 2.99. The molecule has 144 valence electrons. The minimum Gasteiger partial charge on any atom is -0.497 e. The molecule has 1 aliphatic rings. The van der Waals surface area contributed by atoms with E-state index in [1.165, 1.54) is 6.92 Å². The summed E-state index contributed by atoms with van der Waals surface area (Å²) in [5.41, 5.74) is 2.78. The van der Waals surface area contributed by atoms with Crippen LogP contribution in [0.2, 0.25) is 0 Å². The van der Waals surface area contributed by atoms with Crippen LogP contribution in [0.1, 0.15) is 24.5 Å². The highest BCUT2D eigenvalue weighted by molar-refractivity contribution is 9.10. The van der Waals surface area contributed by atoms with E-state index < -0.39 is 5.91 Å². The molecule has 0 unspecified atom stereocenters. The van der Waals surface area contributed by atoms with Gasteiger partial charge in [0, 0.05) is 10.0 Å². The van der Waals surface area contributed by atoms with Crippen LogP contribution in [0.4, 0.5) is 5.69 Å². The molecule has 0 saturated carbocycles. The molecule has 1 heterocycles. The first-order valence-corrected chi connectivity index (χ1v) is 9.46. The number of carbonyl (C=O) groups excluding carboxylic acids is 2. The molecule has 0 spiro atoms. The molecule has 7 heteroatoms. The second-order valence-electron chi connectivity index (χ2n) is 6.46. The van der Waals surface area contributed by atoms with Gasteiger partial charge in [-0.05, 0) is 48.4 Å². The highest BCUT2D eigenvalue weighted by atomic mass is 79.9. The van der Waals surface area contributed by atoms with Crippen LogP contribution in [0.25, 0.3) is 6.08 Å². The Kier molecular flexibility index (Phi) is 5.94. The summed E-state index contributed by atoms with van der Waals surface area (Å²) in [5.74, 6) is 0.170. The molecule has 0 saturated heterocycles. The van der Waals surface area contributed by atoms with Gasteiger partial charge in [-0.15, -0.1) is 0 Å². The number of ether oxygens (including phenoxy) is 1. The minimum absolute atomic E-state index is 0.0358. The molecule has 6 nitrogen and oxygen atoms in total. The quantitative estimate of drug-likeness (QED) is 0.557. The van der Waals surface area contributed by atoms with Crippen molar-refractivity contribution in [3.63, 3.8) is 0 Å². The molecule has 0 aliphatic carbocycles. The maximum absolute atomic E-state index is 13.0. The van der Waals surface area contributed by atoms with Crippen molar-refractivity contribution in [3.05, 3.63) is 63.6 Å². The number of benzene rings is 2. The van der Waals surface area contributed by atoms with Gasteiger partial charge in [-0.3, -0.25) is 15.0 Å². The van der Waals surface area contributed by atoms with Gasteiger partial charge in [0.1, 0.15) is 5.75 Å². The van der Waals surface area contributed by atoms with Crippen molar-refractivity contribution in [2.75, 3.05) is 12.0 Å². The van der Waals surface area contributed by atoms with Crippen LogP contribution in [0.15, 0.2) is 52.5 Å². The number of nitrogens with zero attached hydrogens (tertiary/aromatic N) is 1. The van der Waals surface area contributed by atoms with Gasteiger partial charge < -0.3 is 15.0 Å². The molecular formula is C21H20BrN3O3. The Labute approximate surface area is 171 Å². The Morgan fingerprint density at radius 1 is 1.25 bits per heavy atom. The van der Waals surface area contributed by atoms with Gasteiger partial charge in [-0.1, -0.05) is 34.1 Å². The number of amides is 2. The summed E-state index contributed by atoms with van der Waals surface area (Å²) in [6, 6.07) is 13.1. The lowest BCUT2D eigenvalue weighted by Gasteiger charge is -2.23. The number of methoxy groups -OCH3 is 1. The van der Waals surface area contributed by atoms with E-state index in [0.29, 0.717) is 12.1 Å². The number of hydrogen-bond acceptors (Lipinski definition) is 4. The van der Waals surface area contributed by atoms with Crippen LogP contribution in [-0.2, 0) is 16.1 Å². The summed E-state index contributed by atoms with van der Waals surface area (Å²) in [4.78, 5) is 27.1. The second kappa shape index (κ2) is 8.39. The van der Waals surface area contributed by atoms with E-state index in [1.807, 2.05) is 42.5 Å². The monoisotopic (exact) mass is 441 g/mol. The molecule has 0 bridgehead atoms. The molecule has 2 N–H and O–H groups in total. The minimum atomic E-state index is -0.430. The Hall–Kier alpha value is -2.93. The third-order valence-electron chi connectivity index (χ3n) is 4.35. The first-order chi connectivity index (χ1) is 13.4. The van der Waals surface area contributed by atoms with Crippen LogP contribution in [0.3, 0.4) is 0 Å². The van der Waals surface area contributed by atoms with Crippen molar-refractivity contribution in [2.45, 2.75) is 19.9 Å². The van der Waals surface area contributed by atoms with Crippen molar-refractivity contribution in [3.8, 4) is 5.75 Å². The molecule has 2 aromatic rings. The number of hydrogen-bond donors (Lipinski definition) is 2. The molecule has 0 fully saturated rings. The summed E-state index contributed by atoms with van der Waals surface area (Å²) in [6.07, 6.45) is 1.67. The molecule has 0 aromatic heterocycles. The lowest BCUT2D eigenvalue weighted by atomic mass is 10.1. The molecule has 0 atom stereocenters. The zero-order valence-electron chi connectivity index (χ0n) is 15.6. The first kappa shape index (κ1) is 19.8. The zero-order valence-corrected chi connectivity index (χ0v) is 17.2. The third kappa shape index (κ3) is 4.48. The number of anilines is 1. The van der Waals surface area contributed by atoms with Gasteiger partial charge >= 0.3 is 0 Å². The van der Waals surface area contributed by atoms with Gasteiger partial charge in [0.05, 0.1) is 31.6 Å².